The van der Waals surface area contributed by atoms with E-state index in [0.717, 1.165) is 5.56 Å². The molecule has 0 aliphatic rings. The molecule has 6 nitrogen and oxygen atoms in total. The molecule has 1 aromatic heterocycles. The molecule has 0 saturated carbocycles. The van der Waals surface area contributed by atoms with Crippen molar-refractivity contribution < 1.29 is 24.5 Å². The molecule has 6 heteroatoms. The number of aliphatic hydroxyl groups excluding tert-OH is 1. The molecule has 2 rings (SSSR count). The molecule has 1 unspecified atom stereocenters. The van der Waals surface area contributed by atoms with Crippen molar-refractivity contribution in [1.29, 1.82) is 0 Å². The van der Waals surface area contributed by atoms with Crippen LogP contribution in [0.3, 0.4) is 0 Å². The fraction of sp³-hybridized carbons (Fsp3) is 0.263. The first kappa shape index (κ1) is 18.5. The highest BCUT2D eigenvalue weighted by Gasteiger charge is 2.08. The first-order valence-corrected chi connectivity index (χ1v) is 7.90. The quantitative estimate of drug-likeness (QED) is 0.680. The van der Waals surface area contributed by atoms with Gasteiger partial charge in [0.05, 0.1) is 31.7 Å². The van der Waals surface area contributed by atoms with Crippen molar-refractivity contribution in [3.05, 3.63) is 59.9 Å². The molecular weight excluding hydrogens is 322 g/mol. The van der Waals surface area contributed by atoms with E-state index in [-0.39, 0.29) is 13.0 Å². The zero-order valence-electron chi connectivity index (χ0n) is 14.0. The molecule has 0 aliphatic heterocycles. The molecular formula is C19H21NO5. The monoisotopic (exact) mass is 343 g/mol. The van der Waals surface area contributed by atoms with Crippen LogP contribution in [0.4, 0.5) is 0 Å². The molecule has 132 valence electrons. The third-order valence-electron chi connectivity index (χ3n) is 3.46. The number of ether oxygens (including phenoxy) is 2. The van der Waals surface area contributed by atoms with Crippen molar-refractivity contribution in [3.63, 3.8) is 0 Å². The van der Waals surface area contributed by atoms with Crippen LogP contribution in [-0.4, -0.2) is 34.9 Å². The number of hydrogen-bond donors (Lipinski definition) is 2. The number of rotatable bonds is 9. The lowest BCUT2D eigenvalue weighted by atomic mass is 10.1. The molecule has 0 aliphatic carbocycles. The van der Waals surface area contributed by atoms with E-state index in [9.17, 15) is 9.90 Å². The highest BCUT2D eigenvalue weighted by Crippen LogP contribution is 2.27. The van der Waals surface area contributed by atoms with Crippen LogP contribution < -0.4 is 9.47 Å². The van der Waals surface area contributed by atoms with Crippen LogP contribution in [0.2, 0.25) is 0 Å². The number of aliphatic carboxylic acids is 1. The van der Waals surface area contributed by atoms with Crippen molar-refractivity contribution >= 4 is 12.0 Å². The zero-order chi connectivity index (χ0) is 18.1. The summed E-state index contributed by atoms with van der Waals surface area (Å²) in [5.41, 5.74) is 1.39. The Balaban J connectivity index is 2.04. The lowest BCUT2D eigenvalue weighted by molar-refractivity contribution is -0.137. The molecule has 0 fully saturated rings. The van der Waals surface area contributed by atoms with E-state index < -0.39 is 12.1 Å². The Hall–Kier alpha value is -2.86. The summed E-state index contributed by atoms with van der Waals surface area (Å²) in [7, 11) is 1.51. The number of carboxylic acid groups (broad SMARTS) is 1. The largest absolute Gasteiger partial charge is 0.491 e. The Labute approximate surface area is 146 Å². The van der Waals surface area contributed by atoms with Crippen molar-refractivity contribution in [2.75, 3.05) is 13.7 Å². The minimum atomic E-state index is -0.858. The van der Waals surface area contributed by atoms with Gasteiger partial charge in [-0.3, -0.25) is 9.78 Å². The number of hydrogen-bond acceptors (Lipinski definition) is 5. The number of carbonyl (C=O) groups is 1. The summed E-state index contributed by atoms with van der Waals surface area (Å²) in [6.45, 7) is 0.266. The van der Waals surface area contributed by atoms with E-state index in [4.69, 9.17) is 14.6 Å². The van der Waals surface area contributed by atoms with Gasteiger partial charge in [-0.2, -0.15) is 0 Å². The Morgan fingerprint density at radius 2 is 2.04 bits per heavy atom. The van der Waals surface area contributed by atoms with Gasteiger partial charge in [0.2, 0.25) is 0 Å². The molecule has 0 amide bonds. The molecule has 2 N–H and O–H groups in total. The second-order valence-corrected chi connectivity index (χ2v) is 5.32. The van der Waals surface area contributed by atoms with E-state index >= 15 is 0 Å². The highest BCUT2D eigenvalue weighted by atomic mass is 16.5. The number of aromatic nitrogens is 1. The van der Waals surface area contributed by atoms with Gasteiger partial charge in [0, 0.05) is 12.5 Å². The first-order chi connectivity index (χ1) is 12.1. The molecule has 0 bridgehead atoms. The Bertz CT molecular complexity index is 715. The van der Waals surface area contributed by atoms with Crippen LogP contribution >= 0.6 is 0 Å². The molecule has 1 aromatic carbocycles. The van der Waals surface area contributed by atoms with Gasteiger partial charge in [-0.25, -0.2) is 0 Å². The van der Waals surface area contributed by atoms with Crippen molar-refractivity contribution in [2.24, 2.45) is 0 Å². The Morgan fingerprint density at radius 3 is 2.72 bits per heavy atom. The summed E-state index contributed by atoms with van der Waals surface area (Å²) in [4.78, 5) is 14.8. The predicted molar refractivity (Wildman–Crippen MR) is 93.6 cm³/mol. The maximum absolute atomic E-state index is 10.5. The maximum Gasteiger partial charge on any atom is 0.303 e. The third kappa shape index (κ3) is 5.93. The maximum atomic E-state index is 10.5. The predicted octanol–water partition coefficient (Wildman–Crippen LogP) is 3.08. The number of pyridine rings is 1. The second kappa shape index (κ2) is 9.44. The van der Waals surface area contributed by atoms with Gasteiger partial charge in [0.25, 0.3) is 0 Å². The third-order valence-corrected chi connectivity index (χ3v) is 3.46. The van der Waals surface area contributed by atoms with Crippen LogP contribution in [0.5, 0.6) is 11.5 Å². The molecule has 0 radical (unpaired) electrons. The fourth-order valence-corrected chi connectivity index (χ4v) is 2.15. The van der Waals surface area contributed by atoms with Gasteiger partial charge < -0.3 is 19.7 Å². The lowest BCUT2D eigenvalue weighted by Crippen LogP contribution is -2.03. The van der Waals surface area contributed by atoms with Crippen molar-refractivity contribution in [1.82, 2.24) is 4.98 Å². The summed E-state index contributed by atoms with van der Waals surface area (Å²) in [6.07, 6.45) is 4.58. The number of carboxylic acids is 1. The number of benzene rings is 1. The summed E-state index contributed by atoms with van der Waals surface area (Å²) < 4.78 is 10.8. The van der Waals surface area contributed by atoms with Crippen molar-refractivity contribution in [2.45, 2.75) is 18.9 Å². The summed E-state index contributed by atoms with van der Waals surface area (Å²) in [6, 6.07) is 11.0. The first-order valence-electron chi connectivity index (χ1n) is 7.90. The van der Waals surface area contributed by atoms with Crippen LogP contribution in [0.1, 0.15) is 30.2 Å². The standard InChI is InChI=1S/C19H21NO5/c1-24-18-13-20-15(12-17(18)25-11-5-8-19(22)23)9-10-16(21)14-6-3-2-4-7-14/h2-4,6-7,9-10,12-13,16,21H,5,8,11H2,1H3,(H,22,23). The van der Waals surface area contributed by atoms with Crippen LogP contribution in [0.15, 0.2) is 48.7 Å². The average Bonchev–Trinajstić information content (AvgIpc) is 2.64. The minimum Gasteiger partial charge on any atom is -0.491 e. The molecule has 1 heterocycles. The average molecular weight is 343 g/mol. The molecule has 1 atom stereocenters. The van der Waals surface area contributed by atoms with Gasteiger partial charge >= 0.3 is 5.97 Å². The Kier molecular flexibility index (Phi) is 6.98. The normalized spacial score (nSPS) is 12.1. The van der Waals surface area contributed by atoms with Crippen LogP contribution in [0.25, 0.3) is 6.08 Å². The topological polar surface area (TPSA) is 88.9 Å². The van der Waals surface area contributed by atoms with E-state index in [1.165, 1.54) is 13.3 Å². The second-order valence-electron chi connectivity index (χ2n) is 5.32. The molecule has 0 saturated heterocycles. The smallest absolute Gasteiger partial charge is 0.303 e. The van der Waals surface area contributed by atoms with E-state index in [1.54, 1.807) is 18.2 Å². The number of nitrogens with zero attached hydrogens (tertiary/aromatic N) is 1. The van der Waals surface area contributed by atoms with Gasteiger partial charge in [0.15, 0.2) is 11.5 Å². The summed E-state index contributed by atoms with van der Waals surface area (Å²) in [5, 5.41) is 18.8. The molecule has 25 heavy (non-hydrogen) atoms. The lowest BCUT2D eigenvalue weighted by Gasteiger charge is -2.10. The van der Waals surface area contributed by atoms with E-state index in [2.05, 4.69) is 4.98 Å². The van der Waals surface area contributed by atoms with E-state index in [0.29, 0.717) is 23.6 Å². The Morgan fingerprint density at radius 1 is 1.28 bits per heavy atom. The summed E-state index contributed by atoms with van der Waals surface area (Å²) in [5.74, 6) is 0.0941. The highest BCUT2D eigenvalue weighted by molar-refractivity contribution is 5.66. The van der Waals surface area contributed by atoms with Crippen LogP contribution in [0, 0.1) is 0 Å². The van der Waals surface area contributed by atoms with Gasteiger partial charge in [-0.05, 0) is 24.1 Å². The number of methoxy groups -OCH3 is 1. The van der Waals surface area contributed by atoms with Gasteiger partial charge in [-0.1, -0.05) is 30.3 Å². The van der Waals surface area contributed by atoms with Gasteiger partial charge in [-0.15, -0.1) is 0 Å². The van der Waals surface area contributed by atoms with Crippen LogP contribution in [-0.2, 0) is 4.79 Å². The summed E-state index contributed by atoms with van der Waals surface area (Å²) >= 11 is 0. The van der Waals surface area contributed by atoms with Gasteiger partial charge in [0.1, 0.15) is 0 Å². The SMILES string of the molecule is COc1cnc(C=CC(O)c2ccccc2)cc1OCCCC(=O)O. The number of aliphatic hydroxyl groups is 1. The molecule has 0 spiro atoms. The van der Waals surface area contributed by atoms with E-state index in [1.807, 2.05) is 30.3 Å². The van der Waals surface area contributed by atoms with Crippen molar-refractivity contribution in [3.8, 4) is 11.5 Å². The molecule has 2 aromatic rings. The fourth-order valence-electron chi connectivity index (χ4n) is 2.15. The zero-order valence-corrected chi connectivity index (χ0v) is 14.0. The minimum absolute atomic E-state index is 0.0451.